The van der Waals surface area contributed by atoms with Crippen molar-refractivity contribution in [3.05, 3.63) is 69.8 Å². The Kier molecular flexibility index (Phi) is 4.53. The van der Waals surface area contributed by atoms with Crippen LogP contribution in [0.4, 0.5) is 5.69 Å². The minimum atomic E-state index is -3.69. The van der Waals surface area contributed by atoms with E-state index in [0.29, 0.717) is 12.2 Å². The van der Waals surface area contributed by atoms with E-state index < -0.39 is 10.0 Å². The van der Waals surface area contributed by atoms with Crippen LogP contribution >= 0.6 is 11.3 Å². The summed E-state index contributed by atoms with van der Waals surface area (Å²) in [5, 5.41) is 0. The van der Waals surface area contributed by atoms with Gasteiger partial charge in [0.15, 0.2) is 0 Å². The second kappa shape index (κ2) is 6.50. The summed E-state index contributed by atoms with van der Waals surface area (Å²) in [6.45, 7) is 7.79. The van der Waals surface area contributed by atoms with Crippen LogP contribution in [0, 0.1) is 13.8 Å². The summed E-state index contributed by atoms with van der Waals surface area (Å²) in [4.78, 5) is 12.1. The van der Waals surface area contributed by atoms with E-state index in [9.17, 15) is 13.2 Å². The van der Waals surface area contributed by atoms with Crippen molar-refractivity contribution in [2.24, 2.45) is 0 Å². The van der Waals surface area contributed by atoms with E-state index in [1.54, 1.807) is 41.0 Å². The van der Waals surface area contributed by atoms with E-state index in [4.69, 9.17) is 0 Å². The summed E-state index contributed by atoms with van der Waals surface area (Å²) < 4.78 is 30.2. The molecule has 0 radical (unpaired) electrons. The van der Waals surface area contributed by atoms with Crippen LogP contribution in [0.25, 0.3) is 10.2 Å². The molecule has 0 aliphatic heterocycles. The number of aromatic nitrogens is 1. The van der Waals surface area contributed by atoms with Crippen LogP contribution in [0.1, 0.15) is 11.1 Å². The number of benzene rings is 2. The van der Waals surface area contributed by atoms with Gasteiger partial charge in [-0.1, -0.05) is 23.5 Å². The number of fused-ring (bicyclic) bond motifs is 1. The number of allylic oxidation sites excluding steroid dienone is 1. The Balaban J connectivity index is 1.99. The van der Waals surface area contributed by atoms with Gasteiger partial charge in [-0.05, 0) is 55.3 Å². The van der Waals surface area contributed by atoms with Gasteiger partial charge < -0.3 is 0 Å². The standard InChI is InChI=1S/C18H18N2O3S2/c1-4-7-20-16-6-5-14(11-17(16)24-18(20)21)19-25(22,23)15-9-12(2)8-13(3)10-15/h4-6,8-11,19H,1,7H2,2-3H3. The Morgan fingerprint density at radius 2 is 1.84 bits per heavy atom. The minimum Gasteiger partial charge on any atom is -0.295 e. The quantitative estimate of drug-likeness (QED) is 0.693. The molecule has 3 rings (SSSR count). The lowest BCUT2D eigenvalue weighted by Gasteiger charge is -2.10. The smallest absolute Gasteiger partial charge is 0.295 e. The summed E-state index contributed by atoms with van der Waals surface area (Å²) in [5.41, 5.74) is 2.97. The van der Waals surface area contributed by atoms with Crippen molar-refractivity contribution in [1.29, 1.82) is 0 Å². The molecule has 130 valence electrons. The molecule has 0 aliphatic carbocycles. The van der Waals surface area contributed by atoms with Crippen LogP contribution in [0.5, 0.6) is 0 Å². The Morgan fingerprint density at radius 1 is 1.16 bits per heavy atom. The van der Waals surface area contributed by atoms with Crippen LogP contribution in [-0.4, -0.2) is 13.0 Å². The van der Waals surface area contributed by atoms with Crippen molar-refractivity contribution in [2.45, 2.75) is 25.3 Å². The van der Waals surface area contributed by atoms with Gasteiger partial charge >= 0.3 is 4.87 Å². The molecule has 1 heterocycles. The molecular weight excluding hydrogens is 356 g/mol. The number of hydrogen-bond donors (Lipinski definition) is 1. The number of nitrogens with zero attached hydrogens (tertiary/aromatic N) is 1. The summed E-state index contributed by atoms with van der Waals surface area (Å²) in [5.74, 6) is 0. The highest BCUT2D eigenvalue weighted by molar-refractivity contribution is 7.92. The molecule has 2 aromatic carbocycles. The molecule has 0 spiro atoms. The molecule has 0 bridgehead atoms. The molecule has 25 heavy (non-hydrogen) atoms. The van der Waals surface area contributed by atoms with E-state index in [-0.39, 0.29) is 9.77 Å². The van der Waals surface area contributed by atoms with Gasteiger partial charge in [-0.2, -0.15) is 0 Å². The number of nitrogens with one attached hydrogen (secondary N) is 1. The van der Waals surface area contributed by atoms with Crippen LogP contribution in [0.15, 0.2) is 58.7 Å². The SMILES string of the molecule is C=CCn1c(=O)sc2cc(NS(=O)(=O)c3cc(C)cc(C)c3)ccc21. The lowest BCUT2D eigenvalue weighted by atomic mass is 10.2. The highest BCUT2D eigenvalue weighted by Crippen LogP contribution is 2.24. The summed E-state index contributed by atoms with van der Waals surface area (Å²) in [6.07, 6.45) is 1.66. The lowest BCUT2D eigenvalue weighted by Crippen LogP contribution is -2.13. The second-order valence-electron chi connectivity index (χ2n) is 5.88. The van der Waals surface area contributed by atoms with Gasteiger partial charge in [0, 0.05) is 6.54 Å². The van der Waals surface area contributed by atoms with Crippen LogP contribution < -0.4 is 9.60 Å². The molecule has 5 nitrogen and oxygen atoms in total. The first-order valence-electron chi connectivity index (χ1n) is 7.65. The maximum Gasteiger partial charge on any atom is 0.308 e. The molecule has 0 amide bonds. The molecule has 0 atom stereocenters. The van der Waals surface area contributed by atoms with E-state index in [0.717, 1.165) is 32.7 Å². The average molecular weight is 374 g/mol. The first-order chi connectivity index (χ1) is 11.8. The molecular formula is C18H18N2O3S2. The molecule has 3 aromatic rings. The second-order valence-corrected chi connectivity index (χ2v) is 8.55. The first kappa shape index (κ1) is 17.4. The monoisotopic (exact) mass is 374 g/mol. The zero-order valence-corrected chi connectivity index (χ0v) is 15.6. The van der Waals surface area contributed by atoms with Crippen molar-refractivity contribution in [3.8, 4) is 0 Å². The zero-order chi connectivity index (χ0) is 18.2. The maximum absolute atomic E-state index is 12.6. The lowest BCUT2D eigenvalue weighted by molar-refractivity contribution is 0.601. The molecule has 7 heteroatoms. The highest BCUT2D eigenvalue weighted by Gasteiger charge is 2.16. The van der Waals surface area contributed by atoms with E-state index in [2.05, 4.69) is 11.3 Å². The molecule has 1 N–H and O–H groups in total. The third-order valence-corrected chi connectivity index (χ3v) is 6.04. The summed E-state index contributed by atoms with van der Waals surface area (Å²) in [6, 6.07) is 10.3. The van der Waals surface area contributed by atoms with Crippen LogP contribution in [0.2, 0.25) is 0 Å². The summed E-state index contributed by atoms with van der Waals surface area (Å²) >= 11 is 1.08. The fourth-order valence-corrected chi connectivity index (χ4v) is 4.91. The normalized spacial score (nSPS) is 11.6. The third kappa shape index (κ3) is 3.52. The van der Waals surface area contributed by atoms with Crippen molar-refractivity contribution in [3.63, 3.8) is 0 Å². The van der Waals surface area contributed by atoms with E-state index >= 15 is 0 Å². The van der Waals surface area contributed by atoms with E-state index in [1.807, 2.05) is 19.9 Å². The van der Waals surface area contributed by atoms with Gasteiger partial charge in [0.2, 0.25) is 0 Å². The fourth-order valence-electron chi connectivity index (χ4n) is 2.73. The number of sulfonamides is 1. The molecule has 0 saturated heterocycles. The van der Waals surface area contributed by atoms with Gasteiger partial charge in [-0.15, -0.1) is 6.58 Å². The molecule has 0 unspecified atom stereocenters. The average Bonchev–Trinajstić information content (AvgIpc) is 2.81. The van der Waals surface area contributed by atoms with Crippen LogP contribution in [0.3, 0.4) is 0 Å². The number of aryl methyl sites for hydroxylation is 2. The van der Waals surface area contributed by atoms with Gasteiger partial charge in [0.05, 0.1) is 20.8 Å². The first-order valence-corrected chi connectivity index (χ1v) is 9.95. The zero-order valence-electron chi connectivity index (χ0n) is 13.9. The predicted molar refractivity (Wildman–Crippen MR) is 103 cm³/mol. The Labute approximate surface area is 150 Å². The van der Waals surface area contributed by atoms with Crippen molar-refractivity contribution in [1.82, 2.24) is 4.57 Å². The highest BCUT2D eigenvalue weighted by atomic mass is 32.2. The van der Waals surface area contributed by atoms with Crippen molar-refractivity contribution < 1.29 is 8.42 Å². The number of hydrogen-bond acceptors (Lipinski definition) is 4. The number of rotatable bonds is 5. The van der Waals surface area contributed by atoms with Gasteiger partial charge in [-0.3, -0.25) is 14.1 Å². The Bertz CT molecular complexity index is 1100. The Morgan fingerprint density at radius 3 is 2.48 bits per heavy atom. The van der Waals surface area contributed by atoms with Gasteiger partial charge in [-0.25, -0.2) is 8.42 Å². The largest absolute Gasteiger partial charge is 0.308 e. The number of anilines is 1. The Hall–Kier alpha value is -2.38. The molecule has 0 aliphatic rings. The van der Waals surface area contributed by atoms with Crippen molar-refractivity contribution >= 4 is 37.3 Å². The molecule has 1 aromatic heterocycles. The van der Waals surface area contributed by atoms with E-state index in [1.165, 1.54) is 0 Å². The summed E-state index contributed by atoms with van der Waals surface area (Å²) in [7, 11) is -3.69. The van der Waals surface area contributed by atoms with Crippen molar-refractivity contribution in [2.75, 3.05) is 4.72 Å². The predicted octanol–water partition coefficient (Wildman–Crippen LogP) is 3.67. The molecule has 0 saturated carbocycles. The maximum atomic E-state index is 12.6. The van der Waals surface area contributed by atoms with Crippen LogP contribution in [-0.2, 0) is 16.6 Å². The third-order valence-electron chi connectivity index (χ3n) is 3.74. The number of thiazole rings is 1. The minimum absolute atomic E-state index is 0.0933. The van der Waals surface area contributed by atoms with Gasteiger partial charge in [0.25, 0.3) is 10.0 Å². The molecule has 0 fully saturated rings. The fraction of sp³-hybridized carbons (Fsp3) is 0.167. The van der Waals surface area contributed by atoms with Gasteiger partial charge in [0.1, 0.15) is 0 Å². The topological polar surface area (TPSA) is 68.2 Å².